The summed E-state index contributed by atoms with van der Waals surface area (Å²) >= 11 is 0. The van der Waals surface area contributed by atoms with Gasteiger partial charge in [-0.25, -0.2) is 9.78 Å². The number of aromatic nitrogens is 1. The zero-order valence-corrected chi connectivity index (χ0v) is 12.0. The van der Waals surface area contributed by atoms with E-state index in [2.05, 4.69) is 34.6 Å². The van der Waals surface area contributed by atoms with Crippen molar-refractivity contribution < 1.29 is 9.90 Å². The van der Waals surface area contributed by atoms with E-state index in [1.54, 1.807) is 19.1 Å². The first-order valence-electron chi connectivity index (χ1n) is 7.18. The minimum Gasteiger partial charge on any atom is -0.478 e. The summed E-state index contributed by atoms with van der Waals surface area (Å²) in [7, 11) is 0. The number of anilines is 1. The molecule has 108 valence electrons. The zero-order chi connectivity index (χ0) is 14.8. The molecule has 1 aliphatic carbocycles. The van der Waals surface area contributed by atoms with Gasteiger partial charge in [0.2, 0.25) is 0 Å². The summed E-state index contributed by atoms with van der Waals surface area (Å²) in [6.45, 7) is 1.73. The molecule has 1 aromatic carbocycles. The molecule has 1 unspecified atom stereocenters. The lowest BCUT2D eigenvalue weighted by atomic mass is 9.88. The number of nitrogens with zero attached hydrogens (tertiary/aromatic N) is 1. The third-order valence-electron chi connectivity index (χ3n) is 4.02. The number of carboxylic acids is 1. The van der Waals surface area contributed by atoms with Gasteiger partial charge in [0.15, 0.2) is 0 Å². The summed E-state index contributed by atoms with van der Waals surface area (Å²) in [4.78, 5) is 15.4. The van der Waals surface area contributed by atoms with Crippen LogP contribution in [0.3, 0.4) is 0 Å². The summed E-state index contributed by atoms with van der Waals surface area (Å²) in [6, 6.07) is 12.2. The smallest absolute Gasteiger partial charge is 0.337 e. The largest absolute Gasteiger partial charge is 0.478 e. The topological polar surface area (TPSA) is 62.2 Å². The van der Waals surface area contributed by atoms with E-state index < -0.39 is 5.97 Å². The predicted octanol–water partition coefficient (Wildman–Crippen LogP) is 3.06. The van der Waals surface area contributed by atoms with E-state index in [1.165, 1.54) is 11.1 Å². The number of fused-ring (bicyclic) bond motifs is 1. The van der Waals surface area contributed by atoms with Crippen LogP contribution in [0.2, 0.25) is 0 Å². The molecule has 4 nitrogen and oxygen atoms in total. The number of rotatable bonds is 3. The molecular formula is C17H18N2O2. The van der Waals surface area contributed by atoms with Crippen molar-refractivity contribution in [2.45, 2.75) is 32.2 Å². The number of nitrogens with one attached hydrogen (secondary N) is 1. The first-order valence-corrected chi connectivity index (χ1v) is 7.18. The third-order valence-corrected chi connectivity index (χ3v) is 4.02. The average Bonchev–Trinajstić information content (AvgIpc) is 2.47. The lowest BCUT2D eigenvalue weighted by Gasteiger charge is -2.26. The number of aromatic carboxylic acids is 1. The van der Waals surface area contributed by atoms with Gasteiger partial charge in [0.25, 0.3) is 0 Å². The van der Waals surface area contributed by atoms with Crippen LogP contribution in [-0.4, -0.2) is 22.1 Å². The molecule has 3 rings (SSSR count). The molecule has 0 saturated heterocycles. The summed E-state index contributed by atoms with van der Waals surface area (Å²) < 4.78 is 0. The molecule has 0 amide bonds. The minimum atomic E-state index is -0.932. The molecular weight excluding hydrogens is 264 g/mol. The fraction of sp³-hybridized carbons (Fsp3) is 0.294. The molecule has 0 radical (unpaired) electrons. The van der Waals surface area contributed by atoms with E-state index in [-0.39, 0.29) is 5.56 Å². The van der Waals surface area contributed by atoms with Gasteiger partial charge >= 0.3 is 5.97 Å². The molecule has 2 N–H and O–H groups in total. The number of carbonyl (C=O) groups is 1. The van der Waals surface area contributed by atoms with Crippen molar-refractivity contribution in [2.24, 2.45) is 0 Å². The highest BCUT2D eigenvalue weighted by Crippen LogP contribution is 2.23. The second-order valence-corrected chi connectivity index (χ2v) is 5.49. The van der Waals surface area contributed by atoms with E-state index in [1.807, 2.05) is 0 Å². The molecule has 4 heteroatoms. The van der Waals surface area contributed by atoms with Crippen LogP contribution in [0.5, 0.6) is 0 Å². The molecule has 0 saturated carbocycles. The molecule has 0 spiro atoms. The molecule has 1 aromatic heterocycles. The number of hydrogen-bond acceptors (Lipinski definition) is 3. The Bertz CT molecular complexity index is 682. The van der Waals surface area contributed by atoms with Crippen molar-refractivity contribution in [1.82, 2.24) is 4.98 Å². The lowest BCUT2D eigenvalue weighted by Crippen LogP contribution is -2.27. The molecule has 1 heterocycles. The van der Waals surface area contributed by atoms with Crippen LogP contribution in [0.1, 0.15) is 33.6 Å². The zero-order valence-electron chi connectivity index (χ0n) is 12.0. The average molecular weight is 282 g/mol. The fourth-order valence-corrected chi connectivity index (χ4v) is 2.90. The van der Waals surface area contributed by atoms with Gasteiger partial charge < -0.3 is 10.4 Å². The van der Waals surface area contributed by atoms with Crippen LogP contribution < -0.4 is 5.32 Å². The number of benzene rings is 1. The molecule has 1 atom stereocenters. The normalized spacial score (nSPS) is 17.1. The highest BCUT2D eigenvalue weighted by Gasteiger charge is 2.18. The Morgan fingerprint density at radius 1 is 1.24 bits per heavy atom. The van der Waals surface area contributed by atoms with E-state index in [0.29, 0.717) is 11.7 Å². The maximum absolute atomic E-state index is 11.0. The summed E-state index contributed by atoms with van der Waals surface area (Å²) in [5.41, 5.74) is 3.62. The Kier molecular flexibility index (Phi) is 3.60. The van der Waals surface area contributed by atoms with Crippen LogP contribution in [0.15, 0.2) is 36.4 Å². The van der Waals surface area contributed by atoms with Gasteiger partial charge in [-0.05, 0) is 49.4 Å². The monoisotopic (exact) mass is 282 g/mol. The summed E-state index contributed by atoms with van der Waals surface area (Å²) in [5.74, 6) is -0.181. The predicted molar refractivity (Wildman–Crippen MR) is 81.8 cm³/mol. The Morgan fingerprint density at radius 2 is 2.00 bits per heavy atom. The highest BCUT2D eigenvalue weighted by molar-refractivity contribution is 5.89. The van der Waals surface area contributed by atoms with Crippen molar-refractivity contribution in [2.75, 3.05) is 5.32 Å². The molecule has 1 aliphatic rings. The van der Waals surface area contributed by atoms with Gasteiger partial charge in [-0.3, -0.25) is 0 Å². The minimum absolute atomic E-state index is 0.259. The van der Waals surface area contributed by atoms with E-state index >= 15 is 0 Å². The van der Waals surface area contributed by atoms with Gasteiger partial charge in [-0.2, -0.15) is 0 Å². The Morgan fingerprint density at radius 3 is 2.71 bits per heavy atom. The Labute approximate surface area is 123 Å². The molecule has 21 heavy (non-hydrogen) atoms. The van der Waals surface area contributed by atoms with Crippen LogP contribution in [0.25, 0.3) is 0 Å². The fourth-order valence-electron chi connectivity index (χ4n) is 2.90. The number of aryl methyl sites for hydroxylation is 2. The van der Waals surface area contributed by atoms with Crippen molar-refractivity contribution in [3.8, 4) is 0 Å². The first-order chi connectivity index (χ1) is 10.1. The standard InChI is InChI=1S/C17H18N2O2/c1-11-15(17(20)21)8-9-16(18-11)19-14-7-6-12-4-2-3-5-13(12)10-14/h2-5,8-9,14H,6-7,10H2,1H3,(H,18,19)(H,20,21). The van der Waals surface area contributed by atoms with Crippen LogP contribution >= 0.6 is 0 Å². The Hall–Kier alpha value is -2.36. The van der Waals surface area contributed by atoms with E-state index in [4.69, 9.17) is 5.11 Å². The van der Waals surface area contributed by atoms with Crippen molar-refractivity contribution in [3.05, 3.63) is 58.8 Å². The van der Waals surface area contributed by atoms with Crippen molar-refractivity contribution in [3.63, 3.8) is 0 Å². The second-order valence-electron chi connectivity index (χ2n) is 5.49. The summed E-state index contributed by atoms with van der Waals surface area (Å²) in [5, 5.41) is 12.5. The van der Waals surface area contributed by atoms with E-state index in [9.17, 15) is 4.79 Å². The number of pyridine rings is 1. The quantitative estimate of drug-likeness (QED) is 0.908. The highest BCUT2D eigenvalue weighted by atomic mass is 16.4. The van der Waals surface area contributed by atoms with Crippen LogP contribution in [0.4, 0.5) is 5.82 Å². The number of carboxylic acid groups (broad SMARTS) is 1. The van der Waals surface area contributed by atoms with E-state index in [0.717, 1.165) is 25.1 Å². The first kappa shape index (κ1) is 13.6. The maximum atomic E-state index is 11.0. The molecule has 0 fully saturated rings. The lowest BCUT2D eigenvalue weighted by molar-refractivity contribution is 0.0695. The second kappa shape index (κ2) is 5.56. The Balaban J connectivity index is 1.73. The molecule has 0 bridgehead atoms. The van der Waals surface area contributed by atoms with Gasteiger partial charge in [0.1, 0.15) is 5.82 Å². The third kappa shape index (κ3) is 2.89. The summed E-state index contributed by atoms with van der Waals surface area (Å²) in [6.07, 6.45) is 3.12. The van der Waals surface area contributed by atoms with Gasteiger partial charge in [0.05, 0.1) is 11.3 Å². The number of hydrogen-bond donors (Lipinski definition) is 2. The maximum Gasteiger partial charge on any atom is 0.337 e. The van der Waals surface area contributed by atoms with Gasteiger partial charge in [0, 0.05) is 6.04 Å². The SMILES string of the molecule is Cc1nc(NC2CCc3ccccc3C2)ccc1C(=O)O. The molecule has 2 aromatic rings. The molecule has 0 aliphatic heterocycles. The van der Waals surface area contributed by atoms with Crippen LogP contribution in [-0.2, 0) is 12.8 Å². The van der Waals surface area contributed by atoms with Crippen LogP contribution in [0, 0.1) is 6.92 Å². The van der Waals surface area contributed by atoms with Gasteiger partial charge in [-0.1, -0.05) is 24.3 Å². The van der Waals surface area contributed by atoms with Gasteiger partial charge in [-0.15, -0.1) is 0 Å². The van der Waals surface area contributed by atoms with Crippen molar-refractivity contribution >= 4 is 11.8 Å². The van der Waals surface area contributed by atoms with Crippen molar-refractivity contribution in [1.29, 1.82) is 0 Å².